The van der Waals surface area contributed by atoms with E-state index in [2.05, 4.69) is 0 Å². The van der Waals surface area contributed by atoms with E-state index < -0.39 is 0 Å². The van der Waals surface area contributed by atoms with Crippen LogP contribution in [0.3, 0.4) is 0 Å². The molecule has 0 spiro atoms. The Bertz CT molecular complexity index is 939. The highest BCUT2D eigenvalue weighted by Crippen LogP contribution is 2.25. The molecule has 0 amide bonds. The fourth-order valence-electron chi connectivity index (χ4n) is 2.65. The minimum atomic E-state index is -0.340. The molecule has 0 aliphatic heterocycles. The first-order valence-corrected chi connectivity index (χ1v) is 7.77. The summed E-state index contributed by atoms with van der Waals surface area (Å²) in [5.74, 6) is 0.446. The minimum absolute atomic E-state index is 0.000805. The Hall–Kier alpha value is -2.88. The molecule has 0 aliphatic carbocycles. The van der Waals surface area contributed by atoms with Crippen molar-refractivity contribution in [1.29, 1.82) is 0 Å². The van der Waals surface area contributed by atoms with E-state index in [4.69, 9.17) is 9.15 Å². The lowest BCUT2D eigenvalue weighted by molar-refractivity contribution is -0.118. The molecule has 0 fully saturated rings. The number of Topliss-reactive ketones (excluding diaryl/α,β-unsaturated/α-hetero) is 1. The third-order valence-electron chi connectivity index (χ3n) is 3.92. The van der Waals surface area contributed by atoms with Gasteiger partial charge < -0.3 is 9.15 Å². The van der Waals surface area contributed by atoms with Gasteiger partial charge >= 0.3 is 5.63 Å². The van der Waals surface area contributed by atoms with Crippen molar-refractivity contribution in [2.75, 3.05) is 6.61 Å². The Balaban J connectivity index is 2.00. The molecule has 3 aromatic rings. The molecule has 0 aliphatic rings. The number of ether oxygens (including phenoxy) is 1. The number of fused-ring (bicyclic) bond motifs is 1. The van der Waals surface area contributed by atoms with Gasteiger partial charge in [0.1, 0.15) is 17.9 Å². The van der Waals surface area contributed by atoms with Crippen molar-refractivity contribution in [3.8, 4) is 5.75 Å². The van der Waals surface area contributed by atoms with E-state index in [1.165, 1.54) is 6.92 Å². The average Bonchev–Trinajstić information content (AvgIpc) is 2.57. The molecule has 1 aromatic heterocycles. The molecule has 2 aromatic carbocycles. The maximum Gasteiger partial charge on any atom is 0.340 e. The van der Waals surface area contributed by atoms with Crippen LogP contribution >= 0.6 is 0 Å². The van der Waals surface area contributed by atoms with Gasteiger partial charge in [0.25, 0.3) is 0 Å². The Morgan fingerprint density at radius 1 is 1.12 bits per heavy atom. The monoisotopic (exact) mass is 322 g/mol. The maximum atomic E-state index is 12.4. The van der Waals surface area contributed by atoms with Gasteiger partial charge in [-0.05, 0) is 37.1 Å². The molecule has 4 nitrogen and oxygen atoms in total. The topological polar surface area (TPSA) is 56.5 Å². The van der Waals surface area contributed by atoms with Crippen molar-refractivity contribution in [3.63, 3.8) is 0 Å². The highest BCUT2D eigenvalue weighted by atomic mass is 16.5. The summed E-state index contributed by atoms with van der Waals surface area (Å²) in [5, 5.41) is 0.871. The third kappa shape index (κ3) is 3.38. The molecule has 0 atom stereocenters. The molecule has 24 heavy (non-hydrogen) atoms. The van der Waals surface area contributed by atoms with E-state index in [0.29, 0.717) is 23.3 Å². The van der Waals surface area contributed by atoms with Gasteiger partial charge in [-0.25, -0.2) is 4.79 Å². The standard InChI is InChI=1S/C20H18O4/c1-13(21)12-23-16-8-9-17-14(2)18(20(22)24-19(17)11-16)10-15-6-4-3-5-7-15/h3-9,11H,10,12H2,1-2H3. The highest BCUT2D eigenvalue weighted by Gasteiger charge is 2.12. The first-order valence-electron chi connectivity index (χ1n) is 7.77. The molecule has 4 heteroatoms. The fourth-order valence-corrected chi connectivity index (χ4v) is 2.65. The first kappa shape index (κ1) is 16.0. The van der Waals surface area contributed by atoms with E-state index in [1.54, 1.807) is 12.1 Å². The van der Waals surface area contributed by atoms with Gasteiger partial charge in [0.15, 0.2) is 5.78 Å². The number of carbonyl (C=O) groups excluding carboxylic acids is 1. The summed E-state index contributed by atoms with van der Waals surface area (Å²) < 4.78 is 10.8. The molecule has 3 rings (SSSR count). The number of rotatable bonds is 5. The number of ketones is 1. The van der Waals surface area contributed by atoms with Crippen molar-refractivity contribution < 1.29 is 13.9 Å². The average molecular weight is 322 g/mol. The quantitative estimate of drug-likeness (QED) is 0.673. The van der Waals surface area contributed by atoms with Gasteiger partial charge in [-0.15, -0.1) is 0 Å². The first-order chi connectivity index (χ1) is 11.5. The van der Waals surface area contributed by atoms with Gasteiger partial charge in [0.05, 0.1) is 0 Å². The van der Waals surface area contributed by atoms with Crippen molar-refractivity contribution in [1.82, 2.24) is 0 Å². The summed E-state index contributed by atoms with van der Waals surface area (Å²) in [7, 11) is 0. The van der Waals surface area contributed by atoms with Crippen molar-refractivity contribution in [3.05, 3.63) is 75.6 Å². The van der Waals surface area contributed by atoms with Crippen LogP contribution in [0.4, 0.5) is 0 Å². The van der Waals surface area contributed by atoms with Crippen molar-refractivity contribution >= 4 is 16.8 Å². The second-order valence-corrected chi connectivity index (χ2v) is 5.80. The fraction of sp³-hybridized carbons (Fsp3) is 0.200. The molecule has 122 valence electrons. The van der Waals surface area contributed by atoms with Gasteiger partial charge in [0, 0.05) is 23.4 Å². The lowest BCUT2D eigenvalue weighted by atomic mass is 10.00. The van der Waals surface area contributed by atoms with Crippen LogP contribution in [0.1, 0.15) is 23.6 Å². The zero-order valence-electron chi connectivity index (χ0n) is 13.7. The third-order valence-corrected chi connectivity index (χ3v) is 3.92. The van der Waals surface area contributed by atoms with Gasteiger partial charge in [-0.1, -0.05) is 30.3 Å². The van der Waals surface area contributed by atoms with Crippen LogP contribution in [0.15, 0.2) is 57.7 Å². The van der Waals surface area contributed by atoms with Crippen molar-refractivity contribution in [2.45, 2.75) is 20.3 Å². The zero-order valence-corrected chi connectivity index (χ0v) is 13.7. The lowest BCUT2D eigenvalue weighted by Gasteiger charge is -2.09. The van der Waals surface area contributed by atoms with Crippen LogP contribution in [-0.2, 0) is 11.2 Å². The molecule has 0 N–H and O–H groups in total. The maximum absolute atomic E-state index is 12.4. The van der Waals surface area contributed by atoms with Gasteiger partial charge in [-0.2, -0.15) is 0 Å². The summed E-state index contributed by atoms with van der Waals surface area (Å²) in [6.45, 7) is 3.38. The van der Waals surface area contributed by atoms with Crippen molar-refractivity contribution in [2.24, 2.45) is 0 Å². The highest BCUT2D eigenvalue weighted by molar-refractivity contribution is 5.82. The van der Waals surface area contributed by atoms with E-state index in [-0.39, 0.29) is 18.0 Å². The SMILES string of the molecule is CC(=O)COc1ccc2c(C)c(Cc3ccccc3)c(=O)oc2c1. The van der Waals surface area contributed by atoms with Gasteiger partial charge in [0.2, 0.25) is 0 Å². The number of hydrogen-bond acceptors (Lipinski definition) is 4. The van der Waals surface area contributed by atoms with E-state index in [0.717, 1.165) is 16.5 Å². The Kier molecular flexibility index (Phi) is 4.47. The molecule has 0 unspecified atom stereocenters. The molecule has 0 radical (unpaired) electrons. The predicted octanol–water partition coefficient (Wildman–Crippen LogP) is 3.66. The Labute approximate surface area is 139 Å². The summed E-state index contributed by atoms with van der Waals surface area (Å²) in [6.07, 6.45) is 0.535. The largest absolute Gasteiger partial charge is 0.486 e. The van der Waals surface area contributed by atoms with Gasteiger partial charge in [-0.3, -0.25) is 4.79 Å². The number of aryl methyl sites for hydroxylation is 1. The van der Waals surface area contributed by atoms with Crippen LogP contribution < -0.4 is 10.4 Å². The summed E-state index contributed by atoms with van der Waals surface area (Å²) >= 11 is 0. The molecule has 0 saturated heterocycles. The smallest absolute Gasteiger partial charge is 0.340 e. The van der Waals surface area contributed by atoms with Crippen LogP contribution in [0.25, 0.3) is 11.0 Å². The van der Waals surface area contributed by atoms with Crippen LogP contribution in [0, 0.1) is 6.92 Å². The predicted molar refractivity (Wildman–Crippen MR) is 92.6 cm³/mol. The summed E-state index contributed by atoms with van der Waals surface area (Å²) in [5.41, 5.74) is 2.76. The Morgan fingerprint density at radius 3 is 2.58 bits per heavy atom. The normalized spacial score (nSPS) is 10.8. The van der Waals surface area contributed by atoms with E-state index in [1.807, 2.05) is 43.3 Å². The van der Waals surface area contributed by atoms with Crippen LogP contribution in [-0.4, -0.2) is 12.4 Å². The lowest BCUT2D eigenvalue weighted by Crippen LogP contribution is -2.11. The zero-order chi connectivity index (χ0) is 17.1. The molecule has 1 heterocycles. The number of hydrogen-bond donors (Lipinski definition) is 0. The molecule has 0 saturated carbocycles. The second-order valence-electron chi connectivity index (χ2n) is 5.80. The van der Waals surface area contributed by atoms with Crippen LogP contribution in [0.5, 0.6) is 5.75 Å². The second kappa shape index (κ2) is 6.71. The summed E-state index contributed by atoms with van der Waals surface area (Å²) in [4.78, 5) is 23.4. The Morgan fingerprint density at radius 2 is 1.88 bits per heavy atom. The van der Waals surface area contributed by atoms with E-state index >= 15 is 0 Å². The molecule has 0 bridgehead atoms. The minimum Gasteiger partial charge on any atom is -0.486 e. The molecular formula is C20H18O4. The molecular weight excluding hydrogens is 304 g/mol. The number of carbonyl (C=O) groups is 1. The van der Waals surface area contributed by atoms with Crippen LogP contribution in [0.2, 0.25) is 0 Å². The summed E-state index contributed by atoms with van der Waals surface area (Å²) in [6, 6.07) is 15.1. The van der Waals surface area contributed by atoms with E-state index in [9.17, 15) is 9.59 Å². The number of benzene rings is 2.